The fourth-order valence-electron chi connectivity index (χ4n) is 9.78. The van der Waals surface area contributed by atoms with Gasteiger partial charge in [0.05, 0.1) is 5.56 Å². The summed E-state index contributed by atoms with van der Waals surface area (Å²) < 4.78 is 52.0. The second-order valence-electron chi connectivity index (χ2n) is 16.9. The Morgan fingerprint density at radius 1 is 0.828 bits per heavy atom. The van der Waals surface area contributed by atoms with Crippen LogP contribution < -0.4 is 20.7 Å². The van der Waals surface area contributed by atoms with E-state index >= 15 is 0 Å². The summed E-state index contributed by atoms with van der Waals surface area (Å²) in [5.41, 5.74) is 7.16. The largest absolute Gasteiger partial charge is 0.488 e. The number of hydrogen-bond acceptors (Lipinski definition) is 6. The topological polar surface area (TPSA) is 125 Å². The first-order valence-corrected chi connectivity index (χ1v) is 22.0. The van der Waals surface area contributed by atoms with Gasteiger partial charge in [0.15, 0.2) is 0 Å². The number of para-hydroxylation sites is 2. The molecule has 1 aromatic heterocycles. The van der Waals surface area contributed by atoms with Crippen LogP contribution in [0.25, 0.3) is 22.0 Å². The van der Waals surface area contributed by atoms with E-state index in [0.29, 0.717) is 32.5 Å². The monoisotopic (exact) mass is 869 g/mol. The number of likely N-dealkylation sites (tertiary alicyclic amines) is 1. The molecule has 1 aliphatic carbocycles. The number of carbonyl (C=O) groups excluding carboxylic acids is 3. The standard InChI is InChI=1S/C51H50F3N5O5/c52-51(53,54)43-15-6-8-18-47(43)63-30-32-19-21-33(22-20-32)36-23-24-55-27-35(36)29-57-48(60)46-17-9-25-59(46)49(61)45(26-34-28-56-44-16-7-5-10-37(34)44)58-50(62)64-31-42-40-13-3-1-11-38(40)39-12-2-4-14-41(39)42/h1-8,10-16,18-22,28,35-36,42,45-46,55-56H,9,17,23-27,29-31H2,(H,57,60)(H,58,62). The average Bonchev–Trinajstić information content (AvgIpc) is 4.06. The van der Waals surface area contributed by atoms with Gasteiger partial charge < -0.3 is 35.3 Å². The predicted octanol–water partition coefficient (Wildman–Crippen LogP) is 8.72. The van der Waals surface area contributed by atoms with Crippen molar-refractivity contribution in [3.8, 4) is 16.9 Å². The Bertz CT molecular complexity index is 2580. The Hall–Kier alpha value is -6.60. The summed E-state index contributed by atoms with van der Waals surface area (Å²) in [6, 6.07) is 35.2. The van der Waals surface area contributed by atoms with Gasteiger partial charge in [0.1, 0.15) is 31.0 Å². The number of alkyl halides is 3. The van der Waals surface area contributed by atoms with Crippen molar-refractivity contribution in [1.82, 2.24) is 25.8 Å². The zero-order valence-electron chi connectivity index (χ0n) is 35.2. The van der Waals surface area contributed by atoms with Gasteiger partial charge in [-0.25, -0.2) is 4.79 Å². The van der Waals surface area contributed by atoms with Crippen molar-refractivity contribution in [2.24, 2.45) is 5.92 Å². The Kier molecular flexibility index (Phi) is 12.4. The number of halogens is 3. The van der Waals surface area contributed by atoms with Crippen molar-refractivity contribution in [3.63, 3.8) is 0 Å². The molecule has 0 saturated carbocycles. The number of rotatable bonds is 13. The first-order valence-electron chi connectivity index (χ1n) is 22.0. The Morgan fingerprint density at radius 3 is 2.30 bits per heavy atom. The van der Waals surface area contributed by atoms with Gasteiger partial charge in [0.2, 0.25) is 11.8 Å². The molecule has 9 rings (SSSR count). The van der Waals surface area contributed by atoms with Crippen molar-refractivity contribution in [2.45, 2.75) is 62.4 Å². The second-order valence-corrected chi connectivity index (χ2v) is 16.9. The lowest BCUT2D eigenvalue weighted by Gasteiger charge is -2.34. The van der Waals surface area contributed by atoms with Crippen molar-refractivity contribution >= 4 is 28.8 Å². The fourth-order valence-corrected chi connectivity index (χ4v) is 9.78. The first kappa shape index (κ1) is 42.7. The van der Waals surface area contributed by atoms with Crippen molar-refractivity contribution in [2.75, 3.05) is 32.8 Å². The first-order chi connectivity index (χ1) is 31.1. The van der Waals surface area contributed by atoms with Crippen molar-refractivity contribution < 1.29 is 37.0 Å². The molecule has 4 atom stereocenters. The summed E-state index contributed by atoms with van der Waals surface area (Å²) in [6.45, 7) is 2.31. The van der Waals surface area contributed by atoms with Gasteiger partial charge in [0.25, 0.3) is 0 Å². The minimum atomic E-state index is -4.52. The van der Waals surface area contributed by atoms with Crippen LogP contribution in [0.4, 0.5) is 18.0 Å². The number of ether oxygens (including phenoxy) is 2. The smallest absolute Gasteiger partial charge is 0.419 e. The van der Waals surface area contributed by atoms with Crippen LogP contribution in [0, 0.1) is 5.92 Å². The molecule has 0 radical (unpaired) electrons. The molecule has 3 aliphatic rings. The normalized spacial score (nSPS) is 18.9. The minimum Gasteiger partial charge on any atom is -0.488 e. The third-order valence-electron chi connectivity index (χ3n) is 13.0. The van der Waals surface area contributed by atoms with Crippen molar-refractivity contribution in [1.29, 1.82) is 0 Å². The molecular weight excluding hydrogens is 820 g/mol. The van der Waals surface area contributed by atoms with E-state index in [9.17, 15) is 27.6 Å². The van der Waals surface area contributed by atoms with Crippen LogP contribution in [0.5, 0.6) is 5.75 Å². The maximum atomic E-state index is 14.6. The molecule has 5 aromatic carbocycles. The molecule has 330 valence electrons. The summed E-state index contributed by atoms with van der Waals surface area (Å²) in [5, 5.41) is 10.5. The van der Waals surface area contributed by atoms with E-state index in [-0.39, 0.29) is 55.0 Å². The minimum absolute atomic E-state index is 0.0143. The summed E-state index contributed by atoms with van der Waals surface area (Å²) >= 11 is 0. The maximum Gasteiger partial charge on any atom is 0.419 e. The number of nitrogens with one attached hydrogen (secondary N) is 4. The highest BCUT2D eigenvalue weighted by molar-refractivity contribution is 5.93. The highest BCUT2D eigenvalue weighted by Crippen LogP contribution is 2.44. The molecule has 6 aromatic rings. The predicted molar refractivity (Wildman–Crippen MR) is 238 cm³/mol. The molecule has 13 heteroatoms. The molecule has 3 amide bonds. The number of amides is 3. The molecule has 2 aliphatic heterocycles. The van der Waals surface area contributed by atoms with Gasteiger partial charge in [-0.2, -0.15) is 13.2 Å². The van der Waals surface area contributed by atoms with Crippen LogP contribution in [-0.4, -0.2) is 72.7 Å². The summed E-state index contributed by atoms with van der Waals surface area (Å²) in [7, 11) is 0. The third-order valence-corrected chi connectivity index (χ3v) is 13.0. The number of alkyl carbamates (subject to hydrolysis) is 1. The molecule has 0 spiro atoms. The summed E-state index contributed by atoms with van der Waals surface area (Å²) in [4.78, 5) is 47.2. The van der Waals surface area contributed by atoms with E-state index in [2.05, 4.69) is 45.2 Å². The Labute approximate surface area is 369 Å². The van der Waals surface area contributed by atoms with Gasteiger partial charge >= 0.3 is 12.3 Å². The molecule has 64 heavy (non-hydrogen) atoms. The molecule has 2 fully saturated rings. The van der Waals surface area contributed by atoms with Crippen LogP contribution in [0.3, 0.4) is 0 Å². The van der Waals surface area contributed by atoms with Gasteiger partial charge in [-0.1, -0.05) is 103 Å². The highest BCUT2D eigenvalue weighted by Gasteiger charge is 2.39. The number of hydrogen-bond donors (Lipinski definition) is 4. The highest BCUT2D eigenvalue weighted by atomic mass is 19.4. The van der Waals surface area contributed by atoms with Gasteiger partial charge in [-0.3, -0.25) is 9.59 Å². The lowest BCUT2D eigenvalue weighted by Crippen LogP contribution is -2.55. The number of carbonyl (C=O) groups is 3. The van der Waals surface area contributed by atoms with E-state index in [1.807, 2.05) is 79.0 Å². The van der Waals surface area contributed by atoms with Gasteiger partial charge in [-0.15, -0.1) is 0 Å². The maximum absolute atomic E-state index is 14.6. The van der Waals surface area contributed by atoms with Crippen LogP contribution in [-0.2, 0) is 33.5 Å². The number of fused-ring (bicyclic) bond motifs is 4. The van der Waals surface area contributed by atoms with E-state index in [1.165, 1.54) is 18.2 Å². The number of piperidine rings is 1. The van der Waals surface area contributed by atoms with Crippen LogP contribution in [0.2, 0.25) is 0 Å². The van der Waals surface area contributed by atoms with Crippen LogP contribution in [0.15, 0.2) is 128 Å². The van der Waals surface area contributed by atoms with Crippen LogP contribution in [0.1, 0.15) is 64.5 Å². The fraction of sp³-hybridized carbons (Fsp3) is 0.314. The Morgan fingerprint density at radius 2 is 1.53 bits per heavy atom. The molecule has 0 bridgehead atoms. The van der Waals surface area contributed by atoms with Crippen LogP contribution >= 0.6 is 0 Å². The number of aromatic amines is 1. The zero-order chi connectivity index (χ0) is 44.2. The summed E-state index contributed by atoms with van der Waals surface area (Å²) in [6.07, 6.45) is -1.21. The molecule has 4 N–H and O–H groups in total. The van der Waals surface area contributed by atoms with E-state index in [4.69, 9.17) is 9.47 Å². The second kappa shape index (κ2) is 18.6. The Balaban J connectivity index is 0.851. The zero-order valence-corrected chi connectivity index (χ0v) is 35.2. The van der Waals surface area contributed by atoms with E-state index in [0.717, 1.165) is 68.9 Å². The number of nitrogens with zero attached hydrogens (tertiary/aromatic N) is 1. The van der Waals surface area contributed by atoms with Gasteiger partial charge in [-0.05, 0) is 94.8 Å². The molecule has 2 saturated heterocycles. The lowest BCUT2D eigenvalue weighted by atomic mass is 9.81. The lowest BCUT2D eigenvalue weighted by molar-refractivity contribution is -0.140. The molecular formula is C51H50F3N5O5. The number of aromatic nitrogens is 1. The molecule has 4 unspecified atom stereocenters. The van der Waals surface area contributed by atoms with Gasteiger partial charge in [0, 0.05) is 49.1 Å². The van der Waals surface area contributed by atoms with Crippen molar-refractivity contribution in [3.05, 3.63) is 161 Å². The molecule has 3 heterocycles. The number of benzene rings is 5. The summed E-state index contributed by atoms with van der Waals surface area (Å²) in [5.74, 6) is -0.788. The SMILES string of the molecule is O=C(NC(Cc1c[nH]c2ccccc12)C(=O)N1CCCC1C(=O)NCC1CNCCC1c1ccc(COc2ccccc2C(F)(F)F)cc1)OCC1c2ccccc2-c2ccccc21. The quantitative estimate of drug-likeness (QED) is 0.0921. The van der Waals surface area contributed by atoms with E-state index < -0.39 is 29.9 Å². The molecule has 10 nitrogen and oxygen atoms in total. The average molecular weight is 870 g/mol. The third kappa shape index (κ3) is 9.08. The van der Waals surface area contributed by atoms with E-state index in [1.54, 1.807) is 4.90 Å². The number of H-pyrrole nitrogens is 1.